The van der Waals surface area contributed by atoms with Crippen LogP contribution in [-0.4, -0.2) is 21.7 Å². The van der Waals surface area contributed by atoms with E-state index in [1.165, 1.54) is 0 Å². The van der Waals surface area contributed by atoms with Gasteiger partial charge in [-0.1, -0.05) is 22.0 Å². The van der Waals surface area contributed by atoms with Gasteiger partial charge in [0.15, 0.2) is 0 Å². The predicted molar refractivity (Wildman–Crippen MR) is 76.8 cm³/mol. The number of carbonyl (C=O) groups excluding carboxylic acids is 2. The lowest BCUT2D eigenvalue weighted by molar-refractivity contribution is -0.385. The monoisotopic (exact) mass is 349 g/mol. The molecule has 0 unspecified atom stereocenters. The third-order valence-corrected chi connectivity index (χ3v) is 3.00. The number of aromatic nitrogens is 1. The Balaban J connectivity index is 2.16. The van der Waals surface area contributed by atoms with Gasteiger partial charge in [0, 0.05) is 22.3 Å². The molecule has 1 heterocycles. The number of nitrogens with zero attached hydrogens (tertiary/aromatic N) is 2. The zero-order valence-electron chi connectivity index (χ0n) is 10.4. The van der Waals surface area contributed by atoms with Gasteiger partial charge in [-0.2, -0.15) is 0 Å². The van der Waals surface area contributed by atoms with Gasteiger partial charge in [-0.3, -0.25) is 30.0 Å². The molecular weight excluding hydrogens is 342 g/mol. The molecule has 106 valence electrons. The molecule has 0 bridgehead atoms. The highest BCUT2D eigenvalue weighted by atomic mass is 79.9. The molecule has 1 N–H and O–H groups in total. The summed E-state index contributed by atoms with van der Waals surface area (Å²) in [6.07, 6.45) is 2.17. The minimum absolute atomic E-state index is 0.0625. The number of hydrogen-bond donors (Lipinski definition) is 1. The lowest BCUT2D eigenvalue weighted by Crippen LogP contribution is -2.30. The van der Waals surface area contributed by atoms with E-state index >= 15 is 0 Å². The Morgan fingerprint density at radius 1 is 1.14 bits per heavy atom. The molecule has 0 fully saturated rings. The van der Waals surface area contributed by atoms with Crippen LogP contribution in [0.4, 0.5) is 5.69 Å². The second-order valence-corrected chi connectivity index (χ2v) is 4.90. The quantitative estimate of drug-likeness (QED) is 0.520. The van der Waals surface area contributed by atoms with Crippen molar-refractivity contribution in [1.82, 2.24) is 10.3 Å². The van der Waals surface area contributed by atoms with E-state index in [4.69, 9.17) is 0 Å². The maximum Gasteiger partial charge on any atom is 0.288 e. The van der Waals surface area contributed by atoms with Gasteiger partial charge in [0.1, 0.15) is 6.20 Å². The van der Waals surface area contributed by atoms with Crippen LogP contribution in [-0.2, 0) is 0 Å². The third kappa shape index (κ3) is 3.69. The summed E-state index contributed by atoms with van der Waals surface area (Å²) in [6.45, 7) is 0. The maximum atomic E-state index is 11.9. The summed E-state index contributed by atoms with van der Waals surface area (Å²) in [5.41, 5.74) is -0.0961. The third-order valence-electron chi connectivity index (χ3n) is 2.51. The molecule has 7 nitrogen and oxygen atoms in total. The van der Waals surface area contributed by atoms with Gasteiger partial charge >= 0.3 is 0 Å². The van der Waals surface area contributed by atoms with Crippen molar-refractivity contribution in [2.24, 2.45) is 0 Å². The fraction of sp³-hybridized carbons (Fsp3) is 0. The molecule has 21 heavy (non-hydrogen) atoms. The average molecular weight is 350 g/mol. The Morgan fingerprint density at radius 2 is 1.86 bits per heavy atom. The van der Waals surface area contributed by atoms with Crippen molar-refractivity contribution in [1.29, 1.82) is 0 Å². The Kier molecular flexibility index (Phi) is 4.39. The first-order chi connectivity index (χ1) is 9.97. The second kappa shape index (κ2) is 6.23. The first-order valence-corrected chi connectivity index (χ1v) is 6.47. The highest BCUT2D eigenvalue weighted by molar-refractivity contribution is 9.10. The molecule has 0 aliphatic carbocycles. The van der Waals surface area contributed by atoms with Crippen LogP contribution in [0.5, 0.6) is 0 Å². The van der Waals surface area contributed by atoms with Crippen LogP contribution < -0.4 is 5.32 Å². The number of imide groups is 1. The average Bonchev–Trinajstić information content (AvgIpc) is 2.47. The lowest BCUT2D eigenvalue weighted by atomic mass is 10.2. The number of amides is 2. The van der Waals surface area contributed by atoms with E-state index < -0.39 is 16.7 Å². The number of nitro groups is 1. The molecule has 0 radical (unpaired) electrons. The van der Waals surface area contributed by atoms with E-state index in [0.717, 1.165) is 18.5 Å². The van der Waals surface area contributed by atoms with E-state index in [1.807, 2.05) is 0 Å². The fourth-order valence-electron chi connectivity index (χ4n) is 1.53. The molecule has 2 rings (SSSR count). The first-order valence-electron chi connectivity index (χ1n) is 5.68. The summed E-state index contributed by atoms with van der Waals surface area (Å²) in [7, 11) is 0. The number of rotatable bonds is 3. The fourth-order valence-corrected chi connectivity index (χ4v) is 1.93. The SMILES string of the molecule is O=C(NC(=O)c1cncc([N+](=O)[O-])c1)c1cccc(Br)c1. The number of hydrogen-bond acceptors (Lipinski definition) is 5. The van der Waals surface area contributed by atoms with Gasteiger partial charge in [-0.25, -0.2) is 0 Å². The summed E-state index contributed by atoms with van der Waals surface area (Å²) in [6, 6.07) is 7.53. The minimum atomic E-state index is -0.754. The molecule has 8 heteroatoms. The molecular formula is C13H8BrN3O4. The van der Waals surface area contributed by atoms with Gasteiger partial charge < -0.3 is 0 Å². The smallest absolute Gasteiger partial charge is 0.288 e. The van der Waals surface area contributed by atoms with Crippen LogP contribution in [0.2, 0.25) is 0 Å². The first kappa shape index (κ1) is 14.8. The van der Waals surface area contributed by atoms with Crippen LogP contribution in [0.1, 0.15) is 20.7 Å². The van der Waals surface area contributed by atoms with E-state index in [2.05, 4.69) is 26.2 Å². The number of carbonyl (C=O) groups is 2. The van der Waals surface area contributed by atoms with Crippen LogP contribution in [0, 0.1) is 10.1 Å². The standard InChI is InChI=1S/C13H8BrN3O4/c14-10-3-1-2-8(4-10)12(18)16-13(19)9-5-11(17(20)21)7-15-6-9/h1-7H,(H,16,18,19). The molecule has 0 atom stereocenters. The summed E-state index contributed by atoms with van der Waals surface area (Å²) in [5, 5.41) is 12.8. The molecule has 0 saturated heterocycles. The number of benzene rings is 1. The molecule has 0 spiro atoms. The van der Waals surface area contributed by atoms with Crippen LogP contribution in [0.3, 0.4) is 0 Å². The number of pyridine rings is 1. The zero-order chi connectivity index (χ0) is 15.4. The van der Waals surface area contributed by atoms with Gasteiger partial charge in [0.05, 0.1) is 10.5 Å². The molecule has 1 aromatic carbocycles. The predicted octanol–water partition coefficient (Wildman–Crippen LogP) is 2.32. The zero-order valence-corrected chi connectivity index (χ0v) is 12.0. The van der Waals surface area contributed by atoms with Gasteiger partial charge in [-0.05, 0) is 18.2 Å². The Bertz CT molecular complexity index is 733. The van der Waals surface area contributed by atoms with E-state index in [0.29, 0.717) is 4.47 Å². The van der Waals surface area contributed by atoms with Crippen LogP contribution in [0.25, 0.3) is 0 Å². The second-order valence-electron chi connectivity index (χ2n) is 3.98. The van der Waals surface area contributed by atoms with E-state index in [-0.39, 0.29) is 16.8 Å². The molecule has 0 aliphatic heterocycles. The van der Waals surface area contributed by atoms with Crippen molar-refractivity contribution >= 4 is 33.4 Å². The highest BCUT2D eigenvalue weighted by Gasteiger charge is 2.15. The minimum Gasteiger partial charge on any atom is -0.288 e. The van der Waals surface area contributed by atoms with Gasteiger partial charge in [-0.15, -0.1) is 0 Å². The van der Waals surface area contributed by atoms with Crippen molar-refractivity contribution in [3.8, 4) is 0 Å². The van der Waals surface area contributed by atoms with Gasteiger partial charge in [0.25, 0.3) is 17.5 Å². The highest BCUT2D eigenvalue weighted by Crippen LogP contribution is 2.13. The molecule has 0 aliphatic rings. The van der Waals surface area contributed by atoms with Crippen molar-refractivity contribution < 1.29 is 14.5 Å². The Hall–Kier alpha value is -2.61. The van der Waals surface area contributed by atoms with Crippen molar-refractivity contribution in [2.75, 3.05) is 0 Å². The molecule has 0 saturated carbocycles. The summed E-state index contributed by atoms with van der Waals surface area (Å²) in [5.74, 6) is -1.36. The topological polar surface area (TPSA) is 102 Å². The van der Waals surface area contributed by atoms with Crippen molar-refractivity contribution in [3.05, 3.63) is 68.4 Å². The van der Waals surface area contributed by atoms with Crippen molar-refractivity contribution in [2.45, 2.75) is 0 Å². The Morgan fingerprint density at radius 3 is 2.52 bits per heavy atom. The van der Waals surface area contributed by atoms with E-state index in [1.54, 1.807) is 24.3 Å². The van der Waals surface area contributed by atoms with Crippen LogP contribution >= 0.6 is 15.9 Å². The number of nitrogens with one attached hydrogen (secondary N) is 1. The van der Waals surface area contributed by atoms with Crippen molar-refractivity contribution in [3.63, 3.8) is 0 Å². The molecule has 2 aromatic rings. The van der Waals surface area contributed by atoms with E-state index in [9.17, 15) is 19.7 Å². The van der Waals surface area contributed by atoms with Crippen LogP contribution in [0.15, 0.2) is 47.2 Å². The number of halogens is 1. The summed E-state index contributed by atoms with van der Waals surface area (Å²) < 4.78 is 0.694. The van der Waals surface area contributed by atoms with Gasteiger partial charge in [0.2, 0.25) is 0 Å². The lowest BCUT2D eigenvalue weighted by Gasteiger charge is -2.04. The normalized spacial score (nSPS) is 9.95. The Labute approximate surface area is 127 Å². The molecule has 1 aromatic heterocycles. The maximum absolute atomic E-state index is 11.9. The summed E-state index contributed by atoms with van der Waals surface area (Å²) >= 11 is 3.22. The molecule has 2 amide bonds. The summed E-state index contributed by atoms with van der Waals surface area (Å²) in [4.78, 5) is 37.3. The largest absolute Gasteiger partial charge is 0.288 e.